The molecule has 3 unspecified atom stereocenters. The fourth-order valence-corrected chi connectivity index (χ4v) is 2.91. The lowest BCUT2D eigenvalue weighted by Gasteiger charge is -2.33. The van der Waals surface area contributed by atoms with Crippen LogP contribution in [0.15, 0.2) is 18.2 Å². The molecule has 0 spiro atoms. The van der Waals surface area contributed by atoms with Crippen LogP contribution < -0.4 is 5.32 Å². The van der Waals surface area contributed by atoms with Crippen molar-refractivity contribution in [1.29, 1.82) is 0 Å². The summed E-state index contributed by atoms with van der Waals surface area (Å²) >= 11 is 5.91. The average molecular weight is 283 g/mol. The van der Waals surface area contributed by atoms with Gasteiger partial charge in [0.1, 0.15) is 5.02 Å². The van der Waals surface area contributed by atoms with Gasteiger partial charge in [0.05, 0.1) is 4.92 Å². The Balaban J connectivity index is 2.04. The number of nitro groups is 1. The summed E-state index contributed by atoms with van der Waals surface area (Å²) in [6.07, 6.45) is 3.50. The van der Waals surface area contributed by atoms with Crippen LogP contribution in [0.4, 0.5) is 11.4 Å². The normalized spacial score (nSPS) is 27.0. The molecule has 104 valence electrons. The molecule has 5 heteroatoms. The van der Waals surface area contributed by atoms with E-state index in [0.29, 0.717) is 12.0 Å². The first kappa shape index (κ1) is 14.1. The first-order valence-electron chi connectivity index (χ1n) is 6.68. The first-order valence-corrected chi connectivity index (χ1v) is 7.05. The molecule has 0 saturated heterocycles. The molecule has 0 bridgehead atoms. The molecule has 19 heavy (non-hydrogen) atoms. The molecule has 4 nitrogen and oxygen atoms in total. The van der Waals surface area contributed by atoms with Gasteiger partial charge in [-0.15, -0.1) is 0 Å². The molecule has 0 heterocycles. The molecule has 1 aromatic carbocycles. The van der Waals surface area contributed by atoms with Gasteiger partial charge in [-0.05, 0) is 43.2 Å². The van der Waals surface area contributed by atoms with Gasteiger partial charge in [0.15, 0.2) is 0 Å². The fraction of sp³-hybridized carbons (Fsp3) is 0.571. The molecule has 3 atom stereocenters. The second-order valence-electron chi connectivity index (χ2n) is 5.53. The van der Waals surface area contributed by atoms with Crippen molar-refractivity contribution in [3.63, 3.8) is 0 Å². The SMILES string of the molecule is CC1CCC(Nc2ccc([N+](=O)[O-])c(Cl)c2)CC1C. The maximum atomic E-state index is 10.7. The number of benzene rings is 1. The number of hydrogen-bond donors (Lipinski definition) is 1. The van der Waals surface area contributed by atoms with Crippen LogP contribution in [0.2, 0.25) is 5.02 Å². The molecule has 0 radical (unpaired) electrons. The molecule has 1 aliphatic rings. The Morgan fingerprint density at radius 2 is 2.05 bits per heavy atom. The van der Waals surface area contributed by atoms with Crippen LogP contribution >= 0.6 is 11.6 Å². The summed E-state index contributed by atoms with van der Waals surface area (Å²) in [5.41, 5.74) is 0.820. The Morgan fingerprint density at radius 1 is 1.32 bits per heavy atom. The number of anilines is 1. The summed E-state index contributed by atoms with van der Waals surface area (Å²) in [6, 6.07) is 5.26. The third-order valence-corrected chi connectivity index (χ3v) is 4.42. The average Bonchev–Trinajstić information content (AvgIpc) is 2.33. The van der Waals surface area contributed by atoms with Gasteiger partial charge < -0.3 is 5.32 Å². The van der Waals surface area contributed by atoms with Gasteiger partial charge in [0, 0.05) is 17.8 Å². The number of rotatable bonds is 3. The first-order chi connectivity index (χ1) is 8.97. The number of hydrogen-bond acceptors (Lipinski definition) is 3. The van der Waals surface area contributed by atoms with E-state index in [9.17, 15) is 10.1 Å². The number of nitrogens with one attached hydrogen (secondary N) is 1. The summed E-state index contributed by atoms with van der Waals surface area (Å²) < 4.78 is 0. The van der Waals surface area contributed by atoms with E-state index in [0.717, 1.165) is 24.4 Å². The minimum absolute atomic E-state index is 0.0437. The van der Waals surface area contributed by atoms with E-state index in [1.54, 1.807) is 12.1 Å². The van der Waals surface area contributed by atoms with Gasteiger partial charge >= 0.3 is 0 Å². The molecule has 1 fully saturated rings. The lowest BCUT2D eigenvalue weighted by atomic mass is 9.79. The van der Waals surface area contributed by atoms with Gasteiger partial charge in [0.2, 0.25) is 0 Å². The second-order valence-corrected chi connectivity index (χ2v) is 5.94. The van der Waals surface area contributed by atoms with E-state index in [2.05, 4.69) is 19.2 Å². The van der Waals surface area contributed by atoms with E-state index >= 15 is 0 Å². The van der Waals surface area contributed by atoms with Gasteiger partial charge in [-0.25, -0.2) is 0 Å². The van der Waals surface area contributed by atoms with Crippen molar-refractivity contribution in [2.24, 2.45) is 11.8 Å². The van der Waals surface area contributed by atoms with Gasteiger partial charge in [-0.1, -0.05) is 25.4 Å². The molecule has 1 N–H and O–H groups in total. The molecule has 2 rings (SSSR count). The van der Waals surface area contributed by atoms with Crippen LogP contribution in [0.3, 0.4) is 0 Å². The smallest absolute Gasteiger partial charge is 0.288 e. The van der Waals surface area contributed by atoms with Crippen LogP contribution in [0.25, 0.3) is 0 Å². The van der Waals surface area contributed by atoms with Crippen LogP contribution in [0.1, 0.15) is 33.1 Å². The highest BCUT2D eigenvalue weighted by molar-refractivity contribution is 6.32. The van der Waals surface area contributed by atoms with Crippen LogP contribution in [-0.4, -0.2) is 11.0 Å². The number of nitro benzene ring substituents is 1. The second kappa shape index (κ2) is 5.78. The van der Waals surface area contributed by atoms with Crippen molar-refractivity contribution in [2.75, 3.05) is 5.32 Å². The van der Waals surface area contributed by atoms with Gasteiger partial charge in [0.25, 0.3) is 5.69 Å². The van der Waals surface area contributed by atoms with E-state index in [4.69, 9.17) is 11.6 Å². The Bertz CT molecular complexity index is 479. The summed E-state index contributed by atoms with van der Waals surface area (Å²) in [7, 11) is 0. The summed E-state index contributed by atoms with van der Waals surface area (Å²) in [4.78, 5) is 10.2. The third kappa shape index (κ3) is 3.38. The van der Waals surface area contributed by atoms with Crippen molar-refractivity contribution >= 4 is 23.0 Å². The standard InChI is InChI=1S/C14H19ClN2O2/c1-9-3-4-11(7-10(9)2)16-12-5-6-14(17(18)19)13(15)8-12/h5-6,8-11,16H,3-4,7H2,1-2H3. The molecule has 1 saturated carbocycles. The molecule has 1 aromatic rings. The van der Waals surface area contributed by atoms with E-state index in [-0.39, 0.29) is 10.7 Å². The number of nitrogens with zero attached hydrogens (tertiary/aromatic N) is 1. The monoisotopic (exact) mass is 282 g/mol. The maximum absolute atomic E-state index is 10.7. The molecular formula is C14H19ClN2O2. The summed E-state index contributed by atoms with van der Waals surface area (Å²) in [5, 5.41) is 14.3. The molecule has 1 aliphatic carbocycles. The summed E-state index contributed by atoms with van der Waals surface area (Å²) in [5.74, 6) is 1.48. The molecule has 0 aromatic heterocycles. The third-order valence-electron chi connectivity index (χ3n) is 4.11. The minimum Gasteiger partial charge on any atom is -0.382 e. The predicted octanol–water partition coefficient (Wildman–Crippen LogP) is 4.48. The lowest BCUT2D eigenvalue weighted by molar-refractivity contribution is -0.384. The largest absolute Gasteiger partial charge is 0.382 e. The number of halogens is 1. The van der Waals surface area contributed by atoms with E-state index < -0.39 is 4.92 Å². The minimum atomic E-state index is -0.462. The highest BCUT2D eigenvalue weighted by atomic mass is 35.5. The van der Waals surface area contributed by atoms with E-state index in [1.165, 1.54) is 12.5 Å². The molecular weight excluding hydrogens is 264 g/mol. The van der Waals surface area contributed by atoms with Crippen LogP contribution in [0, 0.1) is 22.0 Å². The van der Waals surface area contributed by atoms with Crippen molar-refractivity contribution < 1.29 is 4.92 Å². The van der Waals surface area contributed by atoms with Crippen molar-refractivity contribution in [2.45, 2.75) is 39.2 Å². The Labute approximate surface area is 118 Å². The Hall–Kier alpha value is -1.29. The van der Waals surface area contributed by atoms with E-state index in [1.807, 2.05) is 0 Å². The molecule has 0 aliphatic heterocycles. The quantitative estimate of drug-likeness (QED) is 0.657. The highest BCUT2D eigenvalue weighted by Crippen LogP contribution is 2.32. The Kier molecular flexibility index (Phi) is 4.30. The Morgan fingerprint density at radius 3 is 2.63 bits per heavy atom. The van der Waals surface area contributed by atoms with Gasteiger partial charge in [-0.2, -0.15) is 0 Å². The maximum Gasteiger partial charge on any atom is 0.288 e. The topological polar surface area (TPSA) is 55.2 Å². The van der Waals surface area contributed by atoms with Crippen LogP contribution in [0.5, 0.6) is 0 Å². The fourth-order valence-electron chi connectivity index (χ4n) is 2.66. The van der Waals surface area contributed by atoms with Crippen molar-refractivity contribution in [3.05, 3.63) is 33.3 Å². The molecule has 0 amide bonds. The van der Waals surface area contributed by atoms with Crippen LogP contribution in [-0.2, 0) is 0 Å². The lowest BCUT2D eigenvalue weighted by Crippen LogP contribution is -2.30. The van der Waals surface area contributed by atoms with Crippen molar-refractivity contribution in [3.8, 4) is 0 Å². The van der Waals surface area contributed by atoms with Gasteiger partial charge in [-0.3, -0.25) is 10.1 Å². The van der Waals surface area contributed by atoms with Crippen molar-refractivity contribution in [1.82, 2.24) is 0 Å². The predicted molar refractivity (Wildman–Crippen MR) is 77.7 cm³/mol. The zero-order chi connectivity index (χ0) is 14.0. The zero-order valence-corrected chi connectivity index (χ0v) is 12.0. The highest BCUT2D eigenvalue weighted by Gasteiger charge is 2.24. The summed E-state index contributed by atoms with van der Waals surface area (Å²) in [6.45, 7) is 4.57. The zero-order valence-electron chi connectivity index (χ0n) is 11.2.